The topological polar surface area (TPSA) is 92.5 Å². The fourth-order valence-electron chi connectivity index (χ4n) is 4.47. The highest BCUT2D eigenvalue weighted by Crippen LogP contribution is 2.31. The van der Waals surface area contributed by atoms with Crippen LogP contribution >= 0.6 is 27.5 Å². The molecule has 208 valence electrons. The van der Waals surface area contributed by atoms with Crippen molar-refractivity contribution in [3.63, 3.8) is 0 Å². The number of sulfonamides is 1. The summed E-state index contributed by atoms with van der Waals surface area (Å²) in [6.45, 7) is 0. The minimum absolute atomic E-state index is 0.0154. The number of carboxylic acid groups (broad SMARTS) is 1. The van der Waals surface area contributed by atoms with E-state index in [1.807, 2.05) is 48.5 Å². The molecule has 1 unspecified atom stereocenters. The number of aliphatic carboxylic acids is 1. The van der Waals surface area contributed by atoms with Crippen molar-refractivity contribution in [3.8, 4) is 28.2 Å². The summed E-state index contributed by atoms with van der Waals surface area (Å²) in [5.41, 5.74) is 4.70. The second-order valence-corrected chi connectivity index (χ2v) is 12.7. The number of benzene rings is 4. The van der Waals surface area contributed by atoms with E-state index in [0.29, 0.717) is 10.7 Å². The summed E-state index contributed by atoms with van der Waals surface area (Å²) in [7, 11) is -2.81. The monoisotopic (exact) mass is 649 g/mol. The molecule has 0 spiro atoms. The van der Waals surface area contributed by atoms with Crippen molar-refractivity contribution in [3.05, 3.63) is 124 Å². The molecule has 0 radical (unpaired) electrons. The van der Waals surface area contributed by atoms with Crippen LogP contribution in [0.1, 0.15) is 5.56 Å². The van der Waals surface area contributed by atoms with Gasteiger partial charge in [0.2, 0.25) is 10.0 Å². The molecule has 5 rings (SSSR count). The summed E-state index contributed by atoms with van der Waals surface area (Å²) in [5, 5.41) is 15.3. The van der Waals surface area contributed by atoms with E-state index in [1.165, 1.54) is 19.2 Å². The maximum absolute atomic E-state index is 13.5. The molecule has 0 bridgehead atoms. The highest BCUT2D eigenvalue weighted by molar-refractivity contribution is 9.10. The lowest BCUT2D eigenvalue weighted by atomic mass is 10.1. The van der Waals surface area contributed by atoms with Crippen LogP contribution in [0.15, 0.2) is 119 Å². The van der Waals surface area contributed by atoms with Crippen molar-refractivity contribution in [1.82, 2.24) is 14.1 Å². The molecule has 5 aromatic rings. The van der Waals surface area contributed by atoms with Crippen molar-refractivity contribution in [2.24, 2.45) is 0 Å². The number of hydrogen-bond acceptors (Lipinski definition) is 4. The predicted octanol–water partition coefficient (Wildman–Crippen LogP) is 6.94. The van der Waals surface area contributed by atoms with E-state index in [9.17, 15) is 18.3 Å². The second kappa shape index (κ2) is 12.0. The number of rotatable bonds is 9. The Morgan fingerprint density at radius 2 is 1.54 bits per heavy atom. The van der Waals surface area contributed by atoms with Crippen molar-refractivity contribution < 1.29 is 18.3 Å². The number of likely N-dealkylation sites (N-methyl/N-ethyl adjacent to an activating group) is 1. The first kappa shape index (κ1) is 28.8. The van der Waals surface area contributed by atoms with Gasteiger partial charge in [-0.3, -0.25) is 4.79 Å². The van der Waals surface area contributed by atoms with Gasteiger partial charge >= 0.3 is 5.97 Å². The predicted molar refractivity (Wildman–Crippen MR) is 164 cm³/mol. The Hall–Kier alpha value is -3.76. The molecule has 1 heterocycles. The van der Waals surface area contributed by atoms with Crippen LogP contribution in [0.2, 0.25) is 5.02 Å². The summed E-state index contributed by atoms with van der Waals surface area (Å²) < 4.78 is 30.6. The zero-order valence-corrected chi connectivity index (χ0v) is 25.0. The van der Waals surface area contributed by atoms with Crippen molar-refractivity contribution in [1.29, 1.82) is 0 Å². The molecule has 7 nitrogen and oxygen atoms in total. The van der Waals surface area contributed by atoms with Crippen LogP contribution in [0.4, 0.5) is 0 Å². The lowest BCUT2D eigenvalue weighted by Gasteiger charge is -2.24. The van der Waals surface area contributed by atoms with E-state index >= 15 is 0 Å². The normalized spacial score (nSPS) is 12.4. The van der Waals surface area contributed by atoms with Crippen LogP contribution in [-0.4, -0.2) is 46.7 Å². The second-order valence-electron chi connectivity index (χ2n) is 9.40. The molecule has 0 fully saturated rings. The third-order valence-electron chi connectivity index (χ3n) is 6.74. The first-order valence-corrected chi connectivity index (χ1v) is 15.2. The molecule has 1 atom stereocenters. The molecule has 0 aliphatic rings. The van der Waals surface area contributed by atoms with Gasteiger partial charge in [-0.2, -0.15) is 9.40 Å². The van der Waals surface area contributed by atoms with Gasteiger partial charge in [-0.1, -0.05) is 82.1 Å². The number of hydrogen-bond donors (Lipinski definition) is 1. The minimum Gasteiger partial charge on any atom is -0.480 e. The quantitative estimate of drug-likeness (QED) is 0.187. The molecule has 0 aliphatic heterocycles. The fourth-order valence-corrected chi connectivity index (χ4v) is 6.17. The van der Waals surface area contributed by atoms with Crippen LogP contribution < -0.4 is 0 Å². The van der Waals surface area contributed by atoms with Gasteiger partial charge in [-0.15, -0.1) is 0 Å². The summed E-state index contributed by atoms with van der Waals surface area (Å²) in [5.74, 6) is -1.22. The Labute approximate surface area is 251 Å². The Balaban J connectivity index is 1.49. The highest BCUT2D eigenvalue weighted by atomic mass is 79.9. The fraction of sp³-hybridized carbons (Fsp3) is 0.0968. The highest BCUT2D eigenvalue weighted by Gasteiger charge is 2.33. The molecule has 10 heteroatoms. The molecular formula is C31H25BrClN3O4S. The number of nitrogens with zero attached hydrogens (tertiary/aromatic N) is 3. The van der Waals surface area contributed by atoms with E-state index < -0.39 is 22.0 Å². The third kappa shape index (κ3) is 6.28. The minimum atomic E-state index is -4.11. The van der Waals surface area contributed by atoms with Gasteiger partial charge in [0, 0.05) is 27.7 Å². The standard InChI is InChI=1S/C31H25BrClN3O4S/c1-35(30(31(37)38)19-21-5-3-2-4-6-21)41(39,40)27-17-15-26(16-18-27)36-29(23-7-11-24(32)12-8-23)20-28(34-36)22-9-13-25(33)14-10-22/h2-18,20,30H,19H2,1H3,(H,37,38). The number of aromatic nitrogens is 2. The number of carbonyl (C=O) groups is 1. The summed E-state index contributed by atoms with van der Waals surface area (Å²) in [6.07, 6.45) is 0.0430. The van der Waals surface area contributed by atoms with E-state index in [0.717, 1.165) is 36.9 Å². The lowest BCUT2D eigenvalue weighted by Crippen LogP contribution is -2.43. The summed E-state index contributed by atoms with van der Waals surface area (Å²) in [4.78, 5) is 12.1. The van der Waals surface area contributed by atoms with Crippen molar-refractivity contribution in [2.75, 3.05) is 7.05 Å². The molecule has 0 amide bonds. The van der Waals surface area contributed by atoms with Crippen LogP contribution in [-0.2, 0) is 21.2 Å². The van der Waals surface area contributed by atoms with Gasteiger partial charge in [0.15, 0.2) is 0 Å². The molecule has 4 aromatic carbocycles. The van der Waals surface area contributed by atoms with E-state index in [2.05, 4.69) is 15.9 Å². The van der Waals surface area contributed by atoms with Crippen LogP contribution in [0.3, 0.4) is 0 Å². The SMILES string of the molecule is CN(C(Cc1ccccc1)C(=O)O)S(=O)(=O)c1ccc(-n2nc(-c3ccc(Cl)cc3)cc2-c2ccc(Br)cc2)cc1. The molecule has 1 aromatic heterocycles. The molecule has 0 saturated carbocycles. The average molecular weight is 651 g/mol. The average Bonchev–Trinajstić information content (AvgIpc) is 3.42. The Kier molecular flexibility index (Phi) is 8.42. The van der Waals surface area contributed by atoms with Gasteiger partial charge in [0.05, 0.1) is 22.0 Å². The largest absolute Gasteiger partial charge is 0.480 e. The van der Waals surface area contributed by atoms with Gasteiger partial charge < -0.3 is 5.11 Å². The zero-order valence-electron chi connectivity index (χ0n) is 21.9. The van der Waals surface area contributed by atoms with Gasteiger partial charge in [-0.25, -0.2) is 13.1 Å². The Morgan fingerprint density at radius 1 is 0.927 bits per heavy atom. The van der Waals surface area contributed by atoms with Crippen molar-refractivity contribution in [2.45, 2.75) is 17.4 Å². The third-order valence-corrected chi connectivity index (χ3v) is 9.40. The lowest BCUT2D eigenvalue weighted by molar-refractivity contribution is -0.141. The van der Waals surface area contributed by atoms with Crippen molar-refractivity contribution >= 4 is 43.5 Å². The van der Waals surface area contributed by atoms with E-state index in [1.54, 1.807) is 53.2 Å². The van der Waals surface area contributed by atoms with E-state index in [4.69, 9.17) is 16.7 Å². The van der Waals surface area contributed by atoms with Gasteiger partial charge in [0.25, 0.3) is 0 Å². The summed E-state index contributed by atoms with van der Waals surface area (Å²) >= 11 is 9.55. The first-order chi connectivity index (χ1) is 19.6. The maximum atomic E-state index is 13.5. The Morgan fingerprint density at radius 3 is 2.15 bits per heavy atom. The smallest absolute Gasteiger partial charge is 0.322 e. The van der Waals surface area contributed by atoms with Crippen LogP contribution in [0.5, 0.6) is 0 Å². The van der Waals surface area contributed by atoms with Crippen LogP contribution in [0, 0.1) is 0 Å². The Bertz CT molecular complexity index is 1770. The molecular weight excluding hydrogens is 626 g/mol. The zero-order chi connectivity index (χ0) is 29.1. The molecule has 1 N–H and O–H groups in total. The molecule has 0 saturated heterocycles. The van der Waals surface area contributed by atoms with E-state index in [-0.39, 0.29) is 11.3 Å². The molecule has 41 heavy (non-hydrogen) atoms. The number of halogens is 2. The first-order valence-electron chi connectivity index (χ1n) is 12.6. The van der Waals surface area contributed by atoms with Crippen LogP contribution in [0.25, 0.3) is 28.2 Å². The molecule has 0 aliphatic carbocycles. The maximum Gasteiger partial charge on any atom is 0.322 e. The number of carboxylic acids is 1. The summed E-state index contributed by atoms with van der Waals surface area (Å²) in [6, 6.07) is 31.1. The van der Waals surface area contributed by atoms with Gasteiger partial charge in [0.1, 0.15) is 6.04 Å². The van der Waals surface area contributed by atoms with Gasteiger partial charge in [-0.05, 0) is 66.6 Å².